The van der Waals surface area contributed by atoms with E-state index in [9.17, 15) is 18.0 Å². The second-order valence-electron chi connectivity index (χ2n) is 4.03. The normalized spacial score (nSPS) is 11.9. The van der Waals surface area contributed by atoms with E-state index in [0.29, 0.717) is 0 Å². The third-order valence-corrected chi connectivity index (χ3v) is 2.81. The van der Waals surface area contributed by atoms with E-state index in [1.165, 1.54) is 18.2 Å². The fourth-order valence-electron chi connectivity index (χ4n) is 1.97. The molecule has 102 valence electrons. The van der Waals surface area contributed by atoms with Crippen molar-refractivity contribution in [3.8, 4) is 5.69 Å². The molecule has 1 N–H and O–H groups in total. The van der Waals surface area contributed by atoms with E-state index in [1.807, 2.05) is 0 Å². The molecule has 0 radical (unpaired) electrons. The minimum atomic E-state index is -4.53. The number of para-hydroxylation sites is 1. The molecule has 0 amide bonds. The van der Waals surface area contributed by atoms with Crippen molar-refractivity contribution in [2.45, 2.75) is 6.18 Å². The van der Waals surface area contributed by atoms with E-state index in [1.54, 1.807) is 0 Å². The van der Waals surface area contributed by atoms with Crippen LogP contribution < -0.4 is 5.56 Å². The van der Waals surface area contributed by atoms with Crippen LogP contribution in [0.25, 0.3) is 16.9 Å². The third kappa shape index (κ3) is 1.85. The number of imidazole rings is 1. The second-order valence-corrected chi connectivity index (χ2v) is 4.03. The smallest absolute Gasteiger partial charge is 0.311 e. The Bertz CT molecular complexity index is 834. The van der Waals surface area contributed by atoms with Gasteiger partial charge in [0, 0.05) is 0 Å². The Morgan fingerprint density at radius 3 is 2.65 bits per heavy atom. The molecule has 0 bridgehead atoms. The SMILES string of the molecule is O=c1[nH]cnc2ncn(-c3ccccc3C(F)(F)F)c12. The van der Waals surface area contributed by atoms with Crippen molar-refractivity contribution >= 4 is 11.2 Å². The highest BCUT2D eigenvalue weighted by Gasteiger charge is 2.34. The number of nitrogens with one attached hydrogen (secondary N) is 1. The van der Waals surface area contributed by atoms with Crippen LogP contribution in [-0.4, -0.2) is 19.5 Å². The predicted molar refractivity (Wildman–Crippen MR) is 64.5 cm³/mol. The number of aromatic amines is 1. The average Bonchev–Trinajstić information content (AvgIpc) is 2.83. The first-order valence-corrected chi connectivity index (χ1v) is 5.56. The Balaban J connectivity index is 2.36. The van der Waals surface area contributed by atoms with E-state index in [-0.39, 0.29) is 16.9 Å². The summed E-state index contributed by atoms with van der Waals surface area (Å²) in [7, 11) is 0. The van der Waals surface area contributed by atoms with E-state index in [2.05, 4.69) is 15.0 Å². The molecule has 0 saturated carbocycles. The van der Waals surface area contributed by atoms with Gasteiger partial charge in [-0.1, -0.05) is 12.1 Å². The summed E-state index contributed by atoms with van der Waals surface area (Å²) in [6, 6.07) is 4.97. The number of hydrogen-bond acceptors (Lipinski definition) is 3. The van der Waals surface area contributed by atoms with Gasteiger partial charge in [0.1, 0.15) is 6.33 Å². The van der Waals surface area contributed by atoms with Crippen LogP contribution in [0.2, 0.25) is 0 Å². The highest BCUT2D eigenvalue weighted by atomic mass is 19.4. The Labute approximate surface area is 109 Å². The summed E-state index contributed by atoms with van der Waals surface area (Å²) in [5.41, 5.74) is -1.50. The van der Waals surface area contributed by atoms with Crippen molar-refractivity contribution in [3.63, 3.8) is 0 Å². The van der Waals surface area contributed by atoms with Crippen LogP contribution >= 0.6 is 0 Å². The zero-order chi connectivity index (χ0) is 14.3. The molecule has 0 spiro atoms. The molecule has 3 aromatic rings. The number of nitrogens with zero attached hydrogens (tertiary/aromatic N) is 3. The van der Waals surface area contributed by atoms with Crippen molar-refractivity contribution in [2.24, 2.45) is 0 Å². The first-order valence-electron chi connectivity index (χ1n) is 5.56. The molecule has 0 aliphatic carbocycles. The van der Waals surface area contributed by atoms with Crippen molar-refractivity contribution < 1.29 is 13.2 Å². The van der Waals surface area contributed by atoms with Gasteiger partial charge < -0.3 is 4.98 Å². The number of rotatable bonds is 1. The second kappa shape index (κ2) is 4.19. The van der Waals surface area contributed by atoms with Gasteiger partial charge in [0.2, 0.25) is 0 Å². The van der Waals surface area contributed by atoms with E-state index in [0.717, 1.165) is 23.3 Å². The quantitative estimate of drug-likeness (QED) is 0.742. The summed E-state index contributed by atoms with van der Waals surface area (Å²) >= 11 is 0. The number of alkyl halides is 3. The standard InChI is InChI=1S/C12H7F3N4O/c13-12(14,15)7-3-1-2-4-8(7)19-6-18-10-9(19)11(20)17-5-16-10/h1-6H,(H,16,17,20). The lowest BCUT2D eigenvalue weighted by Gasteiger charge is -2.13. The Morgan fingerprint density at radius 1 is 1.15 bits per heavy atom. The van der Waals surface area contributed by atoms with Crippen LogP contribution in [0.3, 0.4) is 0 Å². The topological polar surface area (TPSA) is 63.6 Å². The van der Waals surface area contributed by atoms with E-state index >= 15 is 0 Å². The van der Waals surface area contributed by atoms with Crippen LogP contribution in [0.4, 0.5) is 13.2 Å². The van der Waals surface area contributed by atoms with Crippen molar-refractivity contribution in [3.05, 3.63) is 52.8 Å². The molecule has 3 rings (SSSR count). The summed E-state index contributed by atoms with van der Waals surface area (Å²) in [5.74, 6) is 0. The molecule has 2 aromatic heterocycles. The number of H-pyrrole nitrogens is 1. The lowest BCUT2D eigenvalue weighted by atomic mass is 10.1. The molecule has 20 heavy (non-hydrogen) atoms. The van der Waals surface area contributed by atoms with Gasteiger partial charge in [-0.15, -0.1) is 0 Å². The van der Waals surface area contributed by atoms with Crippen molar-refractivity contribution in [2.75, 3.05) is 0 Å². The summed E-state index contributed by atoms with van der Waals surface area (Å²) in [5, 5.41) is 0. The molecule has 0 atom stereocenters. The fourth-order valence-corrected chi connectivity index (χ4v) is 1.97. The van der Waals surface area contributed by atoms with Crippen molar-refractivity contribution in [1.82, 2.24) is 19.5 Å². The van der Waals surface area contributed by atoms with Gasteiger partial charge in [-0.3, -0.25) is 9.36 Å². The highest BCUT2D eigenvalue weighted by Crippen LogP contribution is 2.34. The molecular formula is C12H7F3N4O. The molecular weight excluding hydrogens is 273 g/mol. The van der Waals surface area contributed by atoms with Gasteiger partial charge >= 0.3 is 6.18 Å². The van der Waals surface area contributed by atoms with Gasteiger partial charge in [-0.25, -0.2) is 9.97 Å². The third-order valence-electron chi connectivity index (χ3n) is 2.81. The average molecular weight is 280 g/mol. The number of halogens is 3. The minimum absolute atomic E-state index is 0.0239. The van der Waals surface area contributed by atoms with Crippen LogP contribution in [0, 0.1) is 0 Å². The Kier molecular flexibility index (Phi) is 2.60. The number of hydrogen-bond donors (Lipinski definition) is 1. The Morgan fingerprint density at radius 2 is 1.90 bits per heavy atom. The van der Waals surface area contributed by atoms with Gasteiger partial charge in [0.15, 0.2) is 11.2 Å². The molecule has 0 fully saturated rings. The lowest BCUT2D eigenvalue weighted by molar-refractivity contribution is -0.137. The maximum atomic E-state index is 13.0. The molecule has 0 aliphatic heterocycles. The highest BCUT2D eigenvalue weighted by molar-refractivity contribution is 5.72. The predicted octanol–water partition coefficient (Wildman–Crippen LogP) is 2.13. The van der Waals surface area contributed by atoms with E-state index in [4.69, 9.17) is 0 Å². The van der Waals surface area contributed by atoms with Crippen LogP contribution in [0.5, 0.6) is 0 Å². The molecule has 2 heterocycles. The monoisotopic (exact) mass is 280 g/mol. The Hall–Kier alpha value is -2.64. The summed E-state index contributed by atoms with van der Waals surface area (Å²) in [6.45, 7) is 0. The molecule has 8 heteroatoms. The first-order chi connectivity index (χ1) is 9.48. The molecule has 0 unspecified atom stereocenters. The summed E-state index contributed by atoms with van der Waals surface area (Å²) in [4.78, 5) is 21.7. The fraction of sp³-hybridized carbons (Fsp3) is 0.0833. The van der Waals surface area contributed by atoms with Gasteiger partial charge in [-0.05, 0) is 12.1 Å². The number of fused-ring (bicyclic) bond motifs is 1. The van der Waals surface area contributed by atoms with Gasteiger partial charge in [0.25, 0.3) is 5.56 Å². The summed E-state index contributed by atoms with van der Waals surface area (Å²) < 4.78 is 40.1. The number of aromatic nitrogens is 4. The zero-order valence-corrected chi connectivity index (χ0v) is 9.85. The molecule has 5 nitrogen and oxygen atoms in total. The molecule has 0 aliphatic rings. The van der Waals surface area contributed by atoms with Crippen molar-refractivity contribution in [1.29, 1.82) is 0 Å². The largest absolute Gasteiger partial charge is 0.418 e. The number of benzene rings is 1. The first kappa shape index (κ1) is 12.4. The zero-order valence-electron chi connectivity index (χ0n) is 9.85. The maximum Gasteiger partial charge on any atom is 0.418 e. The van der Waals surface area contributed by atoms with E-state index < -0.39 is 17.3 Å². The van der Waals surface area contributed by atoms with Crippen LogP contribution in [-0.2, 0) is 6.18 Å². The minimum Gasteiger partial charge on any atom is -0.311 e. The van der Waals surface area contributed by atoms with Gasteiger partial charge in [0.05, 0.1) is 17.6 Å². The summed E-state index contributed by atoms with van der Waals surface area (Å²) in [6.07, 6.45) is -2.22. The lowest BCUT2D eigenvalue weighted by Crippen LogP contribution is -2.14. The van der Waals surface area contributed by atoms with Gasteiger partial charge in [-0.2, -0.15) is 13.2 Å². The van der Waals surface area contributed by atoms with Crippen LogP contribution in [0.15, 0.2) is 41.7 Å². The van der Waals surface area contributed by atoms with Crippen LogP contribution in [0.1, 0.15) is 5.56 Å². The molecule has 1 aromatic carbocycles. The maximum absolute atomic E-state index is 13.0. The molecule has 0 saturated heterocycles.